The van der Waals surface area contributed by atoms with Crippen LogP contribution < -0.4 is 5.73 Å². The lowest BCUT2D eigenvalue weighted by Crippen LogP contribution is -1.93. The van der Waals surface area contributed by atoms with Gasteiger partial charge in [-0.1, -0.05) is 0 Å². The zero-order chi connectivity index (χ0) is 9.42. The Balaban J connectivity index is 2.95. The molecular weight excluding hydrogens is 187 g/mol. The smallest absolute Gasteiger partial charge is 0.143 e. The Labute approximate surface area is 78.0 Å². The molecule has 0 fully saturated rings. The predicted octanol–water partition coefficient (Wildman–Crippen LogP) is 2.49. The summed E-state index contributed by atoms with van der Waals surface area (Å²) in [6, 6.07) is 4.86. The molecule has 1 heterocycles. The van der Waals surface area contributed by atoms with Gasteiger partial charge in [0.2, 0.25) is 0 Å². The second kappa shape index (κ2) is 2.71. The fraction of sp³-hybridized carbons (Fsp3) is 0. The summed E-state index contributed by atoms with van der Waals surface area (Å²) < 4.78 is 13.9. The average molecular weight is 192 g/mol. The first kappa shape index (κ1) is 8.02. The molecule has 2 rings (SSSR count). The molecule has 0 amide bonds. The first-order chi connectivity index (χ1) is 6.24. The molecule has 0 unspecified atom stereocenters. The average Bonchev–Trinajstić information content (AvgIpc) is 2.53. The van der Waals surface area contributed by atoms with E-state index < -0.39 is 5.82 Å². The van der Waals surface area contributed by atoms with E-state index in [4.69, 9.17) is 11.0 Å². The minimum absolute atomic E-state index is 0.0602. The Morgan fingerprint density at radius 2 is 2.31 bits per heavy atom. The van der Waals surface area contributed by atoms with E-state index in [0.717, 1.165) is 10.1 Å². The van der Waals surface area contributed by atoms with Gasteiger partial charge < -0.3 is 5.73 Å². The number of rotatable bonds is 0. The van der Waals surface area contributed by atoms with Crippen LogP contribution in [0.15, 0.2) is 17.5 Å². The minimum atomic E-state index is -0.550. The van der Waals surface area contributed by atoms with Crippen molar-refractivity contribution in [2.45, 2.75) is 0 Å². The summed E-state index contributed by atoms with van der Waals surface area (Å²) in [5, 5.41) is 11.2. The second-order valence-electron chi connectivity index (χ2n) is 2.60. The molecule has 0 aliphatic rings. The molecule has 2 N–H and O–H groups in total. The Morgan fingerprint density at radius 3 is 3.00 bits per heavy atom. The maximum atomic E-state index is 13.2. The van der Waals surface area contributed by atoms with Crippen LogP contribution in [-0.2, 0) is 0 Å². The monoisotopic (exact) mass is 192 g/mol. The van der Waals surface area contributed by atoms with Crippen molar-refractivity contribution in [3.05, 3.63) is 28.9 Å². The summed E-state index contributed by atoms with van der Waals surface area (Å²) >= 11 is 1.41. The molecule has 0 saturated carbocycles. The largest absolute Gasteiger partial charge is 0.396 e. The van der Waals surface area contributed by atoms with E-state index >= 15 is 0 Å². The second-order valence-corrected chi connectivity index (χ2v) is 3.51. The van der Waals surface area contributed by atoms with E-state index in [9.17, 15) is 4.39 Å². The maximum Gasteiger partial charge on any atom is 0.143 e. The van der Waals surface area contributed by atoms with Crippen LogP contribution in [0, 0.1) is 17.1 Å². The van der Waals surface area contributed by atoms with Gasteiger partial charge in [-0.2, -0.15) is 5.26 Å². The summed E-state index contributed by atoms with van der Waals surface area (Å²) in [7, 11) is 0. The van der Waals surface area contributed by atoms with Crippen LogP contribution in [0.5, 0.6) is 0 Å². The van der Waals surface area contributed by atoms with Gasteiger partial charge in [-0.25, -0.2) is 4.39 Å². The van der Waals surface area contributed by atoms with E-state index in [2.05, 4.69) is 0 Å². The van der Waals surface area contributed by atoms with Crippen molar-refractivity contribution in [1.82, 2.24) is 0 Å². The highest BCUT2D eigenvalue weighted by Crippen LogP contribution is 2.31. The molecule has 13 heavy (non-hydrogen) atoms. The van der Waals surface area contributed by atoms with Crippen molar-refractivity contribution in [3.63, 3.8) is 0 Å². The van der Waals surface area contributed by atoms with Gasteiger partial charge in [0.05, 0.1) is 10.4 Å². The Kier molecular flexibility index (Phi) is 1.67. The molecule has 4 heteroatoms. The zero-order valence-corrected chi connectivity index (χ0v) is 7.36. The molecule has 0 aliphatic heterocycles. The van der Waals surface area contributed by atoms with Gasteiger partial charge in [-0.15, -0.1) is 11.3 Å². The fourth-order valence-electron chi connectivity index (χ4n) is 1.22. The lowest BCUT2D eigenvalue weighted by atomic mass is 10.1. The molecule has 0 saturated heterocycles. The van der Waals surface area contributed by atoms with Gasteiger partial charge in [0.15, 0.2) is 0 Å². The first-order valence-electron chi connectivity index (χ1n) is 3.59. The Morgan fingerprint density at radius 1 is 1.54 bits per heavy atom. The Hall–Kier alpha value is -1.60. The van der Waals surface area contributed by atoms with Crippen LogP contribution >= 0.6 is 11.3 Å². The summed E-state index contributed by atoms with van der Waals surface area (Å²) in [4.78, 5) is 0. The molecule has 0 radical (unpaired) electrons. The molecular formula is C9H5FN2S. The normalized spacial score (nSPS) is 10.2. The number of halogens is 1. The quantitative estimate of drug-likeness (QED) is 0.652. The zero-order valence-electron chi connectivity index (χ0n) is 6.54. The van der Waals surface area contributed by atoms with Gasteiger partial charge >= 0.3 is 0 Å². The fourth-order valence-corrected chi connectivity index (χ4v) is 2.06. The van der Waals surface area contributed by atoms with Gasteiger partial charge in [0.1, 0.15) is 17.4 Å². The summed E-state index contributed by atoms with van der Waals surface area (Å²) in [5.41, 5.74) is 5.81. The third-order valence-corrected chi connectivity index (χ3v) is 2.81. The highest BCUT2D eigenvalue weighted by Gasteiger charge is 2.10. The van der Waals surface area contributed by atoms with Gasteiger partial charge in [-0.05, 0) is 22.9 Å². The number of anilines is 1. The van der Waals surface area contributed by atoms with Crippen LogP contribution in [0.2, 0.25) is 0 Å². The highest BCUT2D eigenvalue weighted by molar-refractivity contribution is 7.17. The van der Waals surface area contributed by atoms with Crippen molar-refractivity contribution >= 4 is 27.1 Å². The van der Waals surface area contributed by atoms with E-state index in [-0.39, 0.29) is 11.3 Å². The number of hydrogen-bond donors (Lipinski definition) is 1. The van der Waals surface area contributed by atoms with Crippen LogP contribution in [0.1, 0.15) is 5.56 Å². The number of hydrogen-bond acceptors (Lipinski definition) is 3. The number of nitrogen functional groups attached to an aromatic ring is 1. The molecule has 2 aromatic rings. The van der Waals surface area contributed by atoms with Gasteiger partial charge in [0, 0.05) is 0 Å². The number of nitrogens with zero attached hydrogens (tertiary/aromatic N) is 1. The van der Waals surface area contributed by atoms with Crippen molar-refractivity contribution in [1.29, 1.82) is 5.26 Å². The SMILES string of the molecule is N#Cc1c(F)cc2ccsc2c1N. The van der Waals surface area contributed by atoms with E-state index in [1.807, 2.05) is 5.38 Å². The molecule has 2 nitrogen and oxygen atoms in total. The molecule has 0 aliphatic carbocycles. The highest BCUT2D eigenvalue weighted by atomic mass is 32.1. The summed E-state index contributed by atoms with van der Waals surface area (Å²) in [6.45, 7) is 0. The van der Waals surface area contributed by atoms with E-state index in [1.54, 1.807) is 12.1 Å². The molecule has 1 aromatic carbocycles. The van der Waals surface area contributed by atoms with Crippen LogP contribution in [-0.4, -0.2) is 0 Å². The van der Waals surface area contributed by atoms with Gasteiger partial charge in [-0.3, -0.25) is 0 Å². The van der Waals surface area contributed by atoms with E-state index in [0.29, 0.717) is 0 Å². The molecule has 1 aromatic heterocycles. The number of fused-ring (bicyclic) bond motifs is 1. The topological polar surface area (TPSA) is 49.8 Å². The van der Waals surface area contributed by atoms with Crippen molar-refractivity contribution < 1.29 is 4.39 Å². The predicted molar refractivity (Wildman–Crippen MR) is 50.9 cm³/mol. The van der Waals surface area contributed by atoms with Crippen molar-refractivity contribution in [2.24, 2.45) is 0 Å². The third-order valence-electron chi connectivity index (χ3n) is 1.84. The first-order valence-corrected chi connectivity index (χ1v) is 4.47. The Bertz CT molecular complexity index is 510. The maximum absolute atomic E-state index is 13.2. The van der Waals surface area contributed by atoms with Crippen molar-refractivity contribution in [2.75, 3.05) is 5.73 Å². The lowest BCUT2D eigenvalue weighted by molar-refractivity contribution is 0.626. The van der Waals surface area contributed by atoms with Gasteiger partial charge in [0.25, 0.3) is 0 Å². The van der Waals surface area contributed by atoms with E-state index in [1.165, 1.54) is 17.4 Å². The standard InChI is InChI=1S/C9H5FN2S/c10-7-3-5-1-2-13-9(5)8(12)6(7)4-11/h1-3H,12H2. The number of benzene rings is 1. The molecule has 0 spiro atoms. The van der Waals surface area contributed by atoms with Crippen LogP contribution in [0.3, 0.4) is 0 Å². The number of nitriles is 1. The van der Waals surface area contributed by atoms with Crippen LogP contribution in [0.25, 0.3) is 10.1 Å². The third kappa shape index (κ3) is 1.05. The number of nitrogens with two attached hydrogens (primary N) is 1. The summed E-state index contributed by atoms with van der Waals surface area (Å²) in [6.07, 6.45) is 0. The molecule has 0 atom stereocenters. The van der Waals surface area contributed by atoms with Crippen molar-refractivity contribution in [3.8, 4) is 6.07 Å². The van der Waals surface area contributed by atoms with Crippen LogP contribution in [0.4, 0.5) is 10.1 Å². The summed E-state index contributed by atoms with van der Waals surface area (Å²) in [5.74, 6) is -0.550. The minimum Gasteiger partial charge on any atom is -0.396 e. The number of thiophene rings is 1. The molecule has 0 bridgehead atoms. The molecule has 64 valence electrons. The lowest BCUT2D eigenvalue weighted by Gasteiger charge is -1.99.